The minimum Gasteiger partial charge on any atom is -0.472 e. The predicted octanol–water partition coefficient (Wildman–Crippen LogP) is 3.54. The van der Waals surface area contributed by atoms with Crippen molar-refractivity contribution >= 4 is 45.3 Å². The van der Waals surface area contributed by atoms with Gasteiger partial charge in [0.2, 0.25) is 17.7 Å². The average molecular weight is 723 g/mol. The molecule has 4 heterocycles. The summed E-state index contributed by atoms with van der Waals surface area (Å²) in [4.78, 5) is 70.4. The maximum Gasteiger partial charge on any atom is 0.315 e. The molecule has 5 N–H and O–H groups in total. The summed E-state index contributed by atoms with van der Waals surface area (Å²) in [5.74, 6) is -0.856. The monoisotopic (exact) mass is 722 g/mol. The summed E-state index contributed by atoms with van der Waals surface area (Å²) in [7, 11) is 0. The molecule has 1 aliphatic heterocycles. The molecule has 51 heavy (non-hydrogen) atoms. The normalized spacial score (nSPS) is 19.6. The van der Waals surface area contributed by atoms with E-state index in [4.69, 9.17) is 9.72 Å². The van der Waals surface area contributed by atoms with Crippen molar-refractivity contribution in [3.63, 3.8) is 0 Å². The molecule has 3 aromatic heterocycles. The van der Waals surface area contributed by atoms with Crippen LogP contribution in [0.25, 0.3) is 21.7 Å². The Hall–Kier alpha value is -4.37. The number of rotatable bonds is 12. The lowest BCUT2D eigenvalue weighted by Gasteiger charge is -2.36. The highest BCUT2D eigenvalue weighted by molar-refractivity contribution is 7.16. The van der Waals surface area contributed by atoms with Crippen molar-refractivity contribution in [3.8, 4) is 17.4 Å². The SMILES string of the molecule is CCC[C@H](NC(=O)C1C[C@@H](Oc2nc(-c3ccccn3)nc3sccc23)CN1C(=O)[C@@H](NC(=O)NC(C)(C)C)C(C)(C)C)C(O)C(=O)NC1CC1. The Bertz CT molecular complexity index is 1720. The van der Waals surface area contributed by atoms with E-state index < -0.39 is 65.0 Å². The fraction of sp³-hybridized carbons (Fsp3) is 0.583. The first kappa shape index (κ1) is 37.9. The Morgan fingerprint density at radius 2 is 1.80 bits per heavy atom. The van der Waals surface area contributed by atoms with Crippen molar-refractivity contribution in [1.82, 2.24) is 41.1 Å². The molecule has 276 valence electrons. The van der Waals surface area contributed by atoms with Gasteiger partial charge in [0, 0.05) is 24.2 Å². The van der Waals surface area contributed by atoms with Crippen LogP contribution in [0.3, 0.4) is 0 Å². The van der Waals surface area contributed by atoms with Gasteiger partial charge in [0.1, 0.15) is 28.7 Å². The number of carbonyl (C=O) groups is 4. The van der Waals surface area contributed by atoms with Crippen LogP contribution in [0.2, 0.25) is 0 Å². The van der Waals surface area contributed by atoms with Crippen molar-refractivity contribution in [3.05, 3.63) is 35.8 Å². The molecule has 5 amide bonds. The summed E-state index contributed by atoms with van der Waals surface area (Å²) in [6.07, 6.45) is 2.27. The number of pyridine rings is 1. The molecule has 5 rings (SSSR count). The molecule has 1 saturated heterocycles. The summed E-state index contributed by atoms with van der Waals surface area (Å²) in [5, 5.41) is 24.9. The summed E-state index contributed by atoms with van der Waals surface area (Å²) >= 11 is 1.43. The number of nitrogens with one attached hydrogen (secondary N) is 4. The van der Waals surface area contributed by atoms with Crippen molar-refractivity contribution in [2.45, 2.75) is 122 Å². The molecule has 14 nitrogen and oxygen atoms in total. The Morgan fingerprint density at radius 1 is 1.06 bits per heavy atom. The van der Waals surface area contributed by atoms with Crippen LogP contribution in [0.1, 0.15) is 80.6 Å². The molecule has 0 spiro atoms. The molecular formula is C36H50N8O6S. The number of aliphatic hydroxyl groups excluding tert-OH is 1. The van der Waals surface area contributed by atoms with E-state index in [2.05, 4.69) is 31.2 Å². The van der Waals surface area contributed by atoms with Crippen LogP contribution in [-0.4, -0.2) is 97.2 Å². The summed E-state index contributed by atoms with van der Waals surface area (Å²) in [6, 6.07) is 3.91. The Morgan fingerprint density at radius 3 is 2.43 bits per heavy atom. The number of thiophene rings is 1. The van der Waals surface area contributed by atoms with E-state index in [1.54, 1.807) is 18.3 Å². The largest absolute Gasteiger partial charge is 0.472 e. The molecule has 2 aliphatic rings. The van der Waals surface area contributed by atoms with Gasteiger partial charge in [-0.2, -0.15) is 4.98 Å². The number of carbonyl (C=O) groups excluding carboxylic acids is 4. The Kier molecular flexibility index (Phi) is 11.5. The number of hydrogen-bond donors (Lipinski definition) is 5. The molecule has 2 unspecified atom stereocenters. The lowest BCUT2D eigenvalue weighted by atomic mass is 9.85. The Balaban J connectivity index is 1.44. The molecule has 5 atom stereocenters. The molecule has 1 saturated carbocycles. The van der Waals surface area contributed by atoms with E-state index in [1.807, 2.05) is 66.0 Å². The van der Waals surface area contributed by atoms with Gasteiger partial charge in [-0.25, -0.2) is 9.78 Å². The van der Waals surface area contributed by atoms with E-state index in [1.165, 1.54) is 16.2 Å². The van der Waals surface area contributed by atoms with Gasteiger partial charge in [-0.3, -0.25) is 19.4 Å². The summed E-state index contributed by atoms with van der Waals surface area (Å²) < 4.78 is 6.51. The number of aliphatic hydroxyl groups is 1. The maximum absolute atomic E-state index is 14.5. The van der Waals surface area contributed by atoms with Gasteiger partial charge in [-0.05, 0) is 69.0 Å². The fourth-order valence-electron chi connectivity index (χ4n) is 5.98. The number of likely N-dealkylation sites (tertiary alicyclic amines) is 1. The third-order valence-corrected chi connectivity index (χ3v) is 9.50. The zero-order valence-corrected chi connectivity index (χ0v) is 31.2. The van der Waals surface area contributed by atoms with Crippen LogP contribution >= 0.6 is 11.3 Å². The van der Waals surface area contributed by atoms with Gasteiger partial charge >= 0.3 is 6.03 Å². The number of amides is 5. The smallest absolute Gasteiger partial charge is 0.315 e. The second-order valence-electron chi connectivity index (χ2n) is 15.5. The quantitative estimate of drug-likeness (QED) is 0.186. The van der Waals surface area contributed by atoms with Crippen molar-refractivity contribution in [2.24, 2.45) is 5.41 Å². The van der Waals surface area contributed by atoms with E-state index in [0.717, 1.165) is 12.8 Å². The highest BCUT2D eigenvalue weighted by Crippen LogP contribution is 2.33. The number of hydrogen-bond acceptors (Lipinski definition) is 10. The molecule has 3 aromatic rings. The maximum atomic E-state index is 14.5. The lowest BCUT2D eigenvalue weighted by Crippen LogP contribution is -2.61. The van der Waals surface area contributed by atoms with Crippen LogP contribution < -0.4 is 26.0 Å². The second kappa shape index (κ2) is 15.5. The number of ether oxygens (including phenoxy) is 1. The minimum absolute atomic E-state index is 0.0176. The zero-order chi connectivity index (χ0) is 37.1. The van der Waals surface area contributed by atoms with Crippen LogP contribution in [-0.2, 0) is 14.4 Å². The van der Waals surface area contributed by atoms with Gasteiger partial charge in [-0.15, -0.1) is 11.3 Å². The summed E-state index contributed by atoms with van der Waals surface area (Å²) in [5.41, 5.74) is -0.720. The molecule has 0 bridgehead atoms. The number of nitrogens with zero attached hydrogens (tertiary/aromatic N) is 4. The highest BCUT2D eigenvalue weighted by atomic mass is 32.1. The van der Waals surface area contributed by atoms with Crippen molar-refractivity contribution in [2.75, 3.05) is 6.54 Å². The van der Waals surface area contributed by atoms with Crippen LogP contribution in [0.5, 0.6) is 5.88 Å². The van der Waals surface area contributed by atoms with Crippen LogP contribution in [0.4, 0.5) is 4.79 Å². The topological polar surface area (TPSA) is 188 Å². The van der Waals surface area contributed by atoms with E-state index >= 15 is 0 Å². The van der Waals surface area contributed by atoms with Crippen molar-refractivity contribution < 1.29 is 29.0 Å². The third-order valence-electron chi connectivity index (χ3n) is 8.69. The molecule has 0 aromatic carbocycles. The first-order chi connectivity index (χ1) is 24.0. The van der Waals surface area contributed by atoms with E-state index in [9.17, 15) is 24.3 Å². The molecule has 15 heteroatoms. The lowest BCUT2D eigenvalue weighted by molar-refractivity contribution is -0.143. The highest BCUT2D eigenvalue weighted by Gasteiger charge is 2.47. The van der Waals surface area contributed by atoms with Gasteiger partial charge in [0.15, 0.2) is 11.9 Å². The van der Waals surface area contributed by atoms with Gasteiger partial charge < -0.3 is 36.0 Å². The third kappa shape index (κ3) is 9.70. The van der Waals surface area contributed by atoms with Crippen molar-refractivity contribution in [1.29, 1.82) is 0 Å². The van der Waals surface area contributed by atoms with Gasteiger partial charge in [-0.1, -0.05) is 40.2 Å². The molecule has 2 fully saturated rings. The van der Waals surface area contributed by atoms with E-state index in [-0.39, 0.29) is 19.0 Å². The van der Waals surface area contributed by atoms with Crippen LogP contribution in [0, 0.1) is 5.41 Å². The van der Waals surface area contributed by atoms with Gasteiger partial charge in [0.25, 0.3) is 5.91 Å². The second-order valence-corrected chi connectivity index (χ2v) is 16.4. The van der Waals surface area contributed by atoms with E-state index in [0.29, 0.717) is 40.5 Å². The first-order valence-electron chi connectivity index (χ1n) is 17.5. The first-order valence-corrected chi connectivity index (χ1v) is 18.4. The molecule has 0 radical (unpaired) electrons. The number of urea groups is 1. The number of aromatic nitrogens is 3. The minimum atomic E-state index is -1.46. The number of fused-ring (bicyclic) bond motifs is 1. The van der Waals surface area contributed by atoms with Crippen LogP contribution in [0.15, 0.2) is 35.8 Å². The fourth-order valence-corrected chi connectivity index (χ4v) is 6.73. The van der Waals surface area contributed by atoms with Gasteiger partial charge in [0.05, 0.1) is 18.0 Å². The predicted molar refractivity (Wildman–Crippen MR) is 194 cm³/mol. The Labute approximate surface area is 302 Å². The summed E-state index contributed by atoms with van der Waals surface area (Å²) in [6.45, 7) is 12.9. The zero-order valence-electron chi connectivity index (χ0n) is 30.4. The average Bonchev–Trinajstić information content (AvgIpc) is 3.56. The molecular weight excluding hydrogens is 673 g/mol. The molecule has 1 aliphatic carbocycles. The standard InChI is InChI=1S/C36H50N8O6S/c1-8-11-23(26(45)30(47)38-20-13-14-20)39-29(46)25-18-21(19-44(25)33(48)27(35(2,3)4)40-34(49)43-36(5,6)7)50-31-22-15-17-51-32(22)42-28(41-31)24-12-9-10-16-37-24/h9-10,12,15-17,20-21,23,25-27,45H,8,11,13-14,18-19H2,1-7H3,(H,38,47)(H,39,46)(H2,40,43,49)/t21-,23+,25?,26?,27-/m1/s1.